The molecule has 2 aliphatic rings. The standard InChI is InChI=1S/C34H38F3N9O2/c1-42-9-11-44(12-10-42)24-26-4-5-28(20-30(26)34(35,36)37)40-33(47)27-19-25(21-38-22-27)3-6-29-23-39-31-7-8-32(41-46(29)31)45-15-13-43(14-16-45)17-18-48-2/h4-5,7-8,19-23H,9-18,24H2,1-2H3,(H,40,47). The molecule has 1 amide bonds. The molecule has 14 heteroatoms. The van der Waals surface area contributed by atoms with Gasteiger partial charge in [-0.1, -0.05) is 12.0 Å². The fraction of sp³-hybridized carbons (Fsp3) is 0.412. The molecule has 11 nitrogen and oxygen atoms in total. The molecule has 2 fully saturated rings. The minimum atomic E-state index is -4.56. The summed E-state index contributed by atoms with van der Waals surface area (Å²) in [6, 6.07) is 9.34. The van der Waals surface area contributed by atoms with E-state index in [9.17, 15) is 18.0 Å². The van der Waals surface area contributed by atoms with E-state index in [4.69, 9.17) is 9.84 Å². The first kappa shape index (κ1) is 33.4. The number of rotatable bonds is 8. The summed E-state index contributed by atoms with van der Waals surface area (Å²) in [6.45, 7) is 8.32. The molecule has 2 aliphatic heterocycles. The summed E-state index contributed by atoms with van der Waals surface area (Å²) < 4.78 is 49.0. The molecule has 1 aromatic carbocycles. The summed E-state index contributed by atoms with van der Waals surface area (Å²) in [5, 5.41) is 7.38. The Morgan fingerprint density at radius 2 is 1.71 bits per heavy atom. The largest absolute Gasteiger partial charge is 0.416 e. The number of piperazine rings is 2. The number of amides is 1. The summed E-state index contributed by atoms with van der Waals surface area (Å²) >= 11 is 0. The lowest BCUT2D eigenvalue weighted by atomic mass is 10.0. The molecule has 5 heterocycles. The van der Waals surface area contributed by atoms with Crippen LogP contribution in [-0.2, 0) is 17.5 Å². The van der Waals surface area contributed by atoms with Gasteiger partial charge in [-0.3, -0.25) is 19.6 Å². The predicted molar refractivity (Wildman–Crippen MR) is 176 cm³/mol. The van der Waals surface area contributed by atoms with Crippen LogP contribution in [0.5, 0.6) is 0 Å². The second kappa shape index (κ2) is 14.7. The average molecular weight is 662 g/mol. The number of nitrogens with one attached hydrogen (secondary N) is 1. The van der Waals surface area contributed by atoms with E-state index in [1.807, 2.05) is 24.1 Å². The van der Waals surface area contributed by atoms with Gasteiger partial charge < -0.3 is 19.9 Å². The van der Waals surface area contributed by atoms with Gasteiger partial charge in [0.1, 0.15) is 11.5 Å². The van der Waals surface area contributed by atoms with Crippen molar-refractivity contribution in [2.75, 3.05) is 89.9 Å². The van der Waals surface area contributed by atoms with Gasteiger partial charge in [-0.25, -0.2) is 9.50 Å². The monoisotopic (exact) mass is 661 g/mol. The fourth-order valence-corrected chi connectivity index (χ4v) is 5.81. The van der Waals surface area contributed by atoms with E-state index in [0.29, 0.717) is 36.6 Å². The van der Waals surface area contributed by atoms with E-state index in [-0.39, 0.29) is 23.4 Å². The second-order valence-corrected chi connectivity index (χ2v) is 12.0. The number of ether oxygens (including phenoxy) is 1. The molecule has 0 spiro atoms. The molecule has 0 bridgehead atoms. The van der Waals surface area contributed by atoms with E-state index in [1.54, 1.807) is 23.9 Å². The Kier molecular flexibility index (Phi) is 10.2. The Balaban J connectivity index is 1.14. The molecule has 252 valence electrons. The number of imidazole rings is 1. The summed E-state index contributed by atoms with van der Waals surface area (Å²) in [4.78, 5) is 30.4. The molecule has 0 radical (unpaired) electrons. The van der Waals surface area contributed by atoms with Crippen molar-refractivity contribution in [2.45, 2.75) is 12.7 Å². The number of alkyl halides is 3. The molecule has 1 N–H and O–H groups in total. The van der Waals surface area contributed by atoms with Crippen LogP contribution in [0.1, 0.15) is 32.7 Å². The summed E-state index contributed by atoms with van der Waals surface area (Å²) in [6.07, 6.45) is -0.0580. The smallest absolute Gasteiger partial charge is 0.383 e. The van der Waals surface area contributed by atoms with Gasteiger partial charge in [0.2, 0.25) is 0 Å². The molecule has 3 aromatic heterocycles. The van der Waals surface area contributed by atoms with Crippen LogP contribution in [0.15, 0.2) is 55.0 Å². The molecular formula is C34H38F3N9O2. The van der Waals surface area contributed by atoms with E-state index >= 15 is 0 Å². The van der Waals surface area contributed by atoms with Gasteiger partial charge in [0.25, 0.3) is 5.91 Å². The Labute approximate surface area is 277 Å². The first-order chi connectivity index (χ1) is 23.2. The number of likely N-dealkylation sites (N-methyl/N-ethyl adjacent to an activating group) is 1. The molecule has 4 aromatic rings. The highest BCUT2D eigenvalue weighted by Crippen LogP contribution is 2.34. The third kappa shape index (κ3) is 8.11. The lowest BCUT2D eigenvalue weighted by molar-refractivity contribution is -0.138. The fourth-order valence-electron chi connectivity index (χ4n) is 5.81. The number of benzene rings is 1. The quantitative estimate of drug-likeness (QED) is 0.286. The van der Waals surface area contributed by atoms with Gasteiger partial charge in [-0.15, -0.1) is 5.10 Å². The minimum absolute atomic E-state index is 0.0509. The van der Waals surface area contributed by atoms with Crippen LogP contribution in [0.2, 0.25) is 0 Å². The Hall–Kier alpha value is -4.55. The van der Waals surface area contributed by atoms with E-state index in [0.717, 1.165) is 57.7 Å². The van der Waals surface area contributed by atoms with Gasteiger partial charge in [0.15, 0.2) is 5.65 Å². The molecule has 2 saturated heterocycles. The number of pyridine rings is 1. The zero-order chi connectivity index (χ0) is 33.7. The number of hydrogen-bond donors (Lipinski definition) is 1. The number of carbonyl (C=O) groups is 1. The van der Waals surface area contributed by atoms with Crippen LogP contribution in [-0.4, -0.2) is 120 Å². The first-order valence-corrected chi connectivity index (χ1v) is 15.9. The zero-order valence-corrected chi connectivity index (χ0v) is 27.0. The summed E-state index contributed by atoms with van der Waals surface area (Å²) in [5.74, 6) is 6.33. The van der Waals surface area contributed by atoms with Crippen molar-refractivity contribution in [2.24, 2.45) is 0 Å². The highest BCUT2D eigenvalue weighted by molar-refractivity contribution is 6.04. The van der Waals surface area contributed by atoms with Crippen molar-refractivity contribution in [3.05, 3.63) is 82.9 Å². The van der Waals surface area contributed by atoms with Crippen molar-refractivity contribution in [3.8, 4) is 11.8 Å². The lowest BCUT2D eigenvalue weighted by Gasteiger charge is -2.35. The number of fused-ring (bicyclic) bond motifs is 1. The van der Waals surface area contributed by atoms with E-state index in [2.05, 4.69) is 41.8 Å². The van der Waals surface area contributed by atoms with Crippen molar-refractivity contribution in [1.29, 1.82) is 0 Å². The van der Waals surface area contributed by atoms with E-state index in [1.165, 1.54) is 24.5 Å². The number of halogens is 3. The highest BCUT2D eigenvalue weighted by atomic mass is 19.4. The molecular weight excluding hydrogens is 623 g/mol. The summed E-state index contributed by atoms with van der Waals surface area (Å²) in [7, 11) is 3.71. The molecule has 48 heavy (non-hydrogen) atoms. The highest BCUT2D eigenvalue weighted by Gasteiger charge is 2.34. The Morgan fingerprint density at radius 3 is 2.46 bits per heavy atom. The van der Waals surface area contributed by atoms with Gasteiger partial charge >= 0.3 is 6.18 Å². The number of nitrogens with zero attached hydrogens (tertiary/aromatic N) is 8. The van der Waals surface area contributed by atoms with Crippen LogP contribution in [0.25, 0.3) is 5.65 Å². The number of anilines is 2. The summed E-state index contributed by atoms with van der Waals surface area (Å²) in [5.41, 5.74) is 1.32. The normalized spacial score (nSPS) is 16.6. The van der Waals surface area contributed by atoms with Crippen LogP contribution < -0.4 is 10.2 Å². The maximum atomic E-state index is 14.0. The maximum absolute atomic E-state index is 14.0. The van der Waals surface area contributed by atoms with Crippen molar-refractivity contribution < 1.29 is 22.7 Å². The van der Waals surface area contributed by atoms with Gasteiger partial charge in [0.05, 0.1) is 23.9 Å². The molecule has 0 aliphatic carbocycles. The van der Waals surface area contributed by atoms with Gasteiger partial charge in [0, 0.05) is 96.2 Å². The van der Waals surface area contributed by atoms with Crippen molar-refractivity contribution >= 4 is 23.1 Å². The van der Waals surface area contributed by atoms with E-state index < -0.39 is 17.6 Å². The average Bonchev–Trinajstić information content (AvgIpc) is 3.50. The zero-order valence-electron chi connectivity index (χ0n) is 27.0. The number of methoxy groups -OCH3 is 1. The molecule has 6 rings (SSSR count). The predicted octanol–water partition coefficient (Wildman–Crippen LogP) is 3.31. The van der Waals surface area contributed by atoms with Crippen LogP contribution >= 0.6 is 0 Å². The molecule has 0 saturated carbocycles. The lowest BCUT2D eigenvalue weighted by Crippen LogP contribution is -2.47. The molecule has 0 unspecified atom stereocenters. The molecule has 0 atom stereocenters. The first-order valence-electron chi connectivity index (χ1n) is 15.9. The second-order valence-electron chi connectivity index (χ2n) is 12.0. The Bertz CT molecular complexity index is 1800. The van der Waals surface area contributed by atoms with Crippen LogP contribution in [0.3, 0.4) is 0 Å². The van der Waals surface area contributed by atoms with Crippen molar-refractivity contribution in [1.82, 2.24) is 34.3 Å². The number of hydrogen-bond acceptors (Lipinski definition) is 9. The van der Waals surface area contributed by atoms with Crippen LogP contribution in [0.4, 0.5) is 24.7 Å². The van der Waals surface area contributed by atoms with Gasteiger partial charge in [-0.05, 0) is 48.9 Å². The third-order valence-electron chi connectivity index (χ3n) is 8.65. The SMILES string of the molecule is COCCN1CCN(c2ccc3ncc(C#Cc4cncc(C(=O)Nc5ccc(CN6CCN(C)CC6)c(C(F)(F)F)c5)c4)n3n2)CC1. The van der Waals surface area contributed by atoms with Gasteiger partial charge in [-0.2, -0.15) is 13.2 Å². The van der Waals surface area contributed by atoms with Crippen molar-refractivity contribution in [3.63, 3.8) is 0 Å². The third-order valence-corrected chi connectivity index (χ3v) is 8.65. The van der Waals surface area contributed by atoms with Crippen LogP contribution in [0, 0.1) is 11.8 Å². The topological polar surface area (TPSA) is 94.4 Å². The minimum Gasteiger partial charge on any atom is -0.383 e. The Morgan fingerprint density at radius 1 is 0.938 bits per heavy atom. The maximum Gasteiger partial charge on any atom is 0.416 e. The number of aromatic nitrogens is 4. The number of carbonyl (C=O) groups excluding carboxylic acids is 1.